The molecule has 1 aromatic carbocycles. The Morgan fingerprint density at radius 2 is 1.86 bits per heavy atom. The van der Waals surface area contributed by atoms with Gasteiger partial charge in [-0.3, -0.25) is 0 Å². The van der Waals surface area contributed by atoms with Crippen LogP contribution in [0.4, 0.5) is 0 Å². The lowest BCUT2D eigenvalue weighted by molar-refractivity contribution is 0.285. The SMILES string of the molecule is CC(C)(C)C1(S)CCc2ccccc21. The summed E-state index contributed by atoms with van der Waals surface area (Å²) in [6.45, 7) is 6.84. The second-order valence-corrected chi connectivity index (χ2v) is 6.03. The van der Waals surface area contributed by atoms with Gasteiger partial charge in [-0.15, -0.1) is 0 Å². The van der Waals surface area contributed by atoms with E-state index in [2.05, 4.69) is 45.0 Å². The van der Waals surface area contributed by atoms with Crippen LogP contribution in [0.3, 0.4) is 0 Å². The number of thiol groups is 1. The van der Waals surface area contributed by atoms with Gasteiger partial charge in [-0.25, -0.2) is 0 Å². The molecule has 1 aliphatic carbocycles. The third-order valence-corrected chi connectivity index (χ3v) is 4.60. The summed E-state index contributed by atoms with van der Waals surface area (Å²) in [5, 5.41) is 0. The molecular weight excluding hydrogens is 188 g/mol. The van der Waals surface area contributed by atoms with Crippen molar-refractivity contribution in [2.75, 3.05) is 0 Å². The molecule has 0 radical (unpaired) electrons. The van der Waals surface area contributed by atoms with Gasteiger partial charge in [-0.2, -0.15) is 12.6 Å². The van der Waals surface area contributed by atoms with E-state index in [1.165, 1.54) is 24.0 Å². The van der Waals surface area contributed by atoms with E-state index in [4.69, 9.17) is 12.6 Å². The van der Waals surface area contributed by atoms with Crippen LogP contribution in [0.15, 0.2) is 24.3 Å². The van der Waals surface area contributed by atoms with E-state index in [0.29, 0.717) is 0 Å². The van der Waals surface area contributed by atoms with Crippen molar-refractivity contribution in [2.45, 2.75) is 38.4 Å². The molecule has 1 atom stereocenters. The molecule has 0 fully saturated rings. The lowest BCUT2D eigenvalue weighted by atomic mass is 9.76. The number of fused-ring (bicyclic) bond motifs is 1. The van der Waals surface area contributed by atoms with E-state index in [1.54, 1.807) is 0 Å². The van der Waals surface area contributed by atoms with Gasteiger partial charge < -0.3 is 0 Å². The molecule has 1 aromatic rings. The van der Waals surface area contributed by atoms with Crippen molar-refractivity contribution in [1.29, 1.82) is 0 Å². The molecular formula is C13H18S. The summed E-state index contributed by atoms with van der Waals surface area (Å²) in [6, 6.07) is 8.72. The largest absolute Gasteiger partial charge is 0.167 e. The number of benzene rings is 1. The molecule has 0 N–H and O–H groups in total. The molecule has 1 unspecified atom stereocenters. The molecule has 0 spiro atoms. The maximum Gasteiger partial charge on any atom is 0.0432 e. The Balaban J connectivity index is 2.53. The first-order chi connectivity index (χ1) is 6.45. The number of rotatable bonds is 0. The van der Waals surface area contributed by atoms with E-state index in [9.17, 15) is 0 Å². The summed E-state index contributed by atoms with van der Waals surface area (Å²) in [4.78, 5) is 0. The van der Waals surface area contributed by atoms with Gasteiger partial charge in [0, 0.05) is 4.75 Å². The number of aryl methyl sites for hydroxylation is 1. The van der Waals surface area contributed by atoms with Crippen LogP contribution in [0.2, 0.25) is 0 Å². The van der Waals surface area contributed by atoms with Gasteiger partial charge >= 0.3 is 0 Å². The van der Waals surface area contributed by atoms with Crippen LogP contribution < -0.4 is 0 Å². The van der Waals surface area contributed by atoms with E-state index < -0.39 is 0 Å². The average molecular weight is 206 g/mol. The van der Waals surface area contributed by atoms with Crippen molar-refractivity contribution in [2.24, 2.45) is 5.41 Å². The van der Waals surface area contributed by atoms with Gasteiger partial charge in [-0.05, 0) is 29.4 Å². The second-order valence-electron chi connectivity index (χ2n) is 5.27. The average Bonchev–Trinajstić information content (AvgIpc) is 2.45. The number of hydrogen-bond acceptors (Lipinski definition) is 1. The van der Waals surface area contributed by atoms with Crippen molar-refractivity contribution < 1.29 is 0 Å². The standard InChI is InChI=1S/C13H18S/c1-12(2,3)13(14)9-8-10-6-4-5-7-11(10)13/h4-7,14H,8-9H2,1-3H3. The molecule has 14 heavy (non-hydrogen) atoms. The lowest BCUT2D eigenvalue weighted by Gasteiger charge is -2.38. The summed E-state index contributed by atoms with van der Waals surface area (Å²) in [7, 11) is 0. The molecule has 1 heteroatoms. The van der Waals surface area contributed by atoms with Crippen LogP contribution in [0.5, 0.6) is 0 Å². The molecule has 0 amide bonds. The molecule has 76 valence electrons. The van der Waals surface area contributed by atoms with Crippen molar-refractivity contribution in [1.82, 2.24) is 0 Å². The second kappa shape index (κ2) is 3.03. The summed E-state index contributed by atoms with van der Waals surface area (Å²) in [6.07, 6.45) is 2.34. The van der Waals surface area contributed by atoms with Crippen LogP contribution in [0.1, 0.15) is 38.3 Å². The zero-order valence-electron chi connectivity index (χ0n) is 9.17. The van der Waals surface area contributed by atoms with Gasteiger partial charge in [-0.1, -0.05) is 45.0 Å². The third-order valence-electron chi connectivity index (χ3n) is 3.46. The molecule has 0 saturated heterocycles. The van der Waals surface area contributed by atoms with Crippen LogP contribution in [-0.2, 0) is 11.2 Å². The molecule has 0 aromatic heterocycles. The first-order valence-electron chi connectivity index (χ1n) is 5.26. The van der Waals surface area contributed by atoms with E-state index in [-0.39, 0.29) is 10.2 Å². The number of hydrogen-bond donors (Lipinski definition) is 1. The molecule has 1 aliphatic rings. The fraction of sp³-hybridized carbons (Fsp3) is 0.538. The van der Waals surface area contributed by atoms with Crippen LogP contribution in [0.25, 0.3) is 0 Å². The quantitative estimate of drug-likeness (QED) is 0.613. The predicted octanol–water partition coefficient (Wildman–Crippen LogP) is 3.80. The van der Waals surface area contributed by atoms with Crippen molar-refractivity contribution in [3.05, 3.63) is 35.4 Å². The summed E-state index contributed by atoms with van der Waals surface area (Å²) in [5.74, 6) is 0. The van der Waals surface area contributed by atoms with Crippen molar-refractivity contribution in [3.8, 4) is 0 Å². The highest BCUT2D eigenvalue weighted by Crippen LogP contribution is 2.52. The lowest BCUT2D eigenvalue weighted by Crippen LogP contribution is -2.32. The van der Waals surface area contributed by atoms with Crippen LogP contribution in [-0.4, -0.2) is 0 Å². The maximum absolute atomic E-state index is 4.94. The van der Waals surface area contributed by atoms with Gasteiger partial charge in [0.2, 0.25) is 0 Å². The minimum atomic E-state index is 0.0591. The summed E-state index contributed by atoms with van der Waals surface area (Å²) < 4.78 is 0.0591. The molecule has 0 bridgehead atoms. The van der Waals surface area contributed by atoms with E-state index in [0.717, 1.165) is 0 Å². The fourth-order valence-corrected chi connectivity index (χ4v) is 2.70. The highest BCUT2D eigenvalue weighted by atomic mass is 32.1. The minimum Gasteiger partial charge on any atom is -0.167 e. The Labute approximate surface area is 92.1 Å². The topological polar surface area (TPSA) is 0 Å². The Morgan fingerprint density at radius 1 is 1.21 bits per heavy atom. The summed E-state index contributed by atoms with van der Waals surface area (Å²) >= 11 is 4.94. The summed E-state index contributed by atoms with van der Waals surface area (Å²) in [5.41, 5.74) is 3.15. The molecule has 2 rings (SSSR count). The highest BCUT2D eigenvalue weighted by Gasteiger charge is 2.44. The smallest absolute Gasteiger partial charge is 0.0432 e. The van der Waals surface area contributed by atoms with Crippen LogP contribution in [0, 0.1) is 5.41 Å². The fourth-order valence-electron chi connectivity index (χ4n) is 2.37. The van der Waals surface area contributed by atoms with Crippen molar-refractivity contribution >= 4 is 12.6 Å². The minimum absolute atomic E-state index is 0.0591. The Hall–Kier alpha value is -0.430. The molecule has 0 saturated carbocycles. The van der Waals surface area contributed by atoms with E-state index >= 15 is 0 Å². The Bertz CT molecular complexity index is 348. The van der Waals surface area contributed by atoms with Crippen molar-refractivity contribution in [3.63, 3.8) is 0 Å². The molecule has 0 aliphatic heterocycles. The van der Waals surface area contributed by atoms with Gasteiger partial charge in [0.05, 0.1) is 0 Å². The monoisotopic (exact) mass is 206 g/mol. The predicted molar refractivity (Wildman–Crippen MR) is 64.9 cm³/mol. The Kier molecular flexibility index (Phi) is 2.19. The van der Waals surface area contributed by atoms with Gasteiger partial charge in [0.15, 0.2) is 0 Å². The normalized spacial score (nSPS) is 26.3. The van der Waals surface area contributed by atoms with Gasteiger partial charge in [0.1, 0.15) is 0 Å². The van der Waals surface area contributed by atoms with Crippen LogP contribution >= 0.6 is 12.6 Å². The van der Waals surface area contributed by atoms with E-state index in [1.807, 2.05) is 0 Å². The zero-order valence-corrected chi connectivity index (χ0v) is 10.1. The maximum atomic E-state index is 4.94. The molecule has 0 nitrogen and oxygen atoms in total. The van der Waals surface area contributed by atoms with Gasteiger partial charge in [0.25, 0.3) is 0 Å². The Morgan fingerprint density at radius 3 is 2.50 bits per heavy atom. The third kappa shape index (κ3) is 1.30. The first kappa shape index (κ1) is 10.1. The first-order valence-corrected chi connectivity index (χ1v) is 5.71. The highest BCUT2D eigenvalue weighted by molar-refractivity contribution is 7.81. The molecule has 0 heterocycles. The zero-order chi connectivity index (χ0) is 10.4.